The minimum Gasteiger partial charge on any atom is -0.326 e. The third-order valence-corrected chi connectivity index (χ3v) is 5.31. The average molecular weight is 387 g/mol. The highest BCUT2D eigenvalue weighted by Crippen LogP contribution is 2.26. The van der Waals surface area contributed by atoms with E-state index in [0.29, 0.717) is 25.1 Å². The molecule has 0 radical (unpaired) electrons. The number of aromatic nitrogens is 1. The lowest BCUT2D eigenvalue weighted by Gasteiger charge is -2.36. The van der Waals surface area contributed by atoms with Gasteiger partial charge in [-0.3, -0.25) is 14.6 Å². The first-order chi connectivity index (χ1) is 14.0. The van der Waals surface area contributed by atoms with Crippen LogP contribution < -0.4 is 5.32 Å². The molecule has 0 spiro atoms. The number of benzene rings is 2. The van der Waals surface area contributed by atoms with Crippen molar-refractivity contribution in [3.05, 3.63) is 71.9 Å². The maximum atomic E-state index is 13.2. The van der Waals surface area contributed by atoms with Gasteiger partial charge in [0.15, 0.2) is 0 Å². The number of amides is 2. The van der Waals surface area contributed by atoms with Crippen LogP contribution in [0.15, 0.2) is 60.8 Å². The molecule has 1 unspecified atom stereocenters. The van der Waals surface area contributed by atoms with Crippen LogP contribution in [0, 0.1) is 5.92 Å². The van der Waals surface area contributed by atoms with Gasteiger partial charge in [0, 0.05) is 24.8 Å². The molecule has 0 fully saturated rings. The SMILES string of the molecule is CC(C)CC(=O)N1Cc2ccccc2CC1C(=O)Nc1cnc2ccccc2c1. The molecule has 0 aliphatic carbocycles. The van der Waals surface area contributed by atoms with Crippen LogP contribution >= 0.6 is 0 Å². The van der Waals surface area contributed by atoms with E-state index < -0.39 is 6.04 Å². The van der Waals surface area contributed by atoms with E-state index >= 15 is 0 Å². The van der Waals surface area contributed by atoms with Crippen molar-refractivity contribution in [3.8, 4) is 0 Å². The van der Waals surface area contributed by atoms with Gasteiger partial charge in [-0.2, -0.15) is 0 Å². The first kappa shape index (κ1) is 19.1. The number of pyridine rings is 1. The van der Waals surface area contributed by atoms with E-state index in [9.17, 15) is 9.59 Å². The molecule has 0 saturated carbocycles. The Morgan fingerprint density at radius 3 is 2.62 bits per heavy atom. The van der Waals surface area contributed by atoms with Crippen LogP contribution in [0.1, 0.15) is 31.4 Å². The number of carbonyl (C=O) groups excluding carboxylic acids is 2. The summed E-state index contributed by atoms with van der Waals surface area (Å²) in [5.41, 5.74) is 3.76. The standard InChI is InChI=1S/C24H25N3O2/c1-16(2)11-23(28)27-15-19-9-4-3-7-17(19)13-22(27)24(29)26-20-12-18-8-5-6-10-21(18)25-14-20/h3-10,12,14,16,22H,11,13,15H2,1-2H3,(H,26,29). The molecule has 0 saturated heterocycles. The van der Waals surface area contributed by atoms with E-state index in [4.69, 9.17) is 0 Å². The van der Waals surface area contributed by atoms with Crippen LogP contribution in [0.5, 0.6) is 0 Å². The summed E-state index contributed by atoms with van der Waals surface area (Å²) < 4.78 is 0. The number of fused-ring (bicyclic) bond motifs is 2. The van der Waals surface area contributed by atoms with Gasteiger partial charge in [0.05, 0.1) is 17.4 Å². The Bertz CT molecular complexity index is 1060. The number of nitrogens with one attached hydrogen (secondary N) is 1. The summed E-state index contributed by atoms with van der Waals surface area (Å²) in [5.74, 6) is 0.0908. The summed E-state index contributed by atoms with van der Waals surface area (Å²) in [7, 11) is 0. The third-order valence-electron chi connectivity index (χ3n) is 5.31. The molecule has 1 aliphatic rings. The van der Waals surface area contributed by atoms with Crippen LogP contribution in [-0.2, 0) is 22.6 Å². The van der Waals surface area contributed by atoms with Crippen LogP contribution in [0.4, 0.5) is 5.69 Å². The fraction of sp³-hybridized carbons (Fsp3) is 0.292. The Kier molecular flexibility index (Phi) is 5.30. The number of para-hydroxylation sites is 1. The quantitative estimate of drug-likeness (QED) is 0.731. The molecule has 2 amide bonds. The first-order valence-electron chi connectivity index (χ1n) is 10.0. The van der Waals surface area contributed by atoms with Crippen molar-refractivity contribution in [2.24, 2.45) is 5.92 Å². The lowest BCUT2D eigenvalue weighted by molar-refractivity contribution is -0.140. The van der Waals surface area contributed by atoms with Crippen molar-refractivity contribution >= 4 is 28.4 Å². The van der Waals surface area contributed by atoms with Crippen molar-refractivity contribution in [2.45, 2.75) is 39.3 Å². The first-order valence-corrected chi connectivity index (χ1v) is 10.0. The minimum atomic E-state index is -0.525. The molecule has 2 aromatic carbocycles. The van der Waals surface area contributed by atoms with Gasteiger partial charge >= 0.3 is 0 Å². The fourth-order valence-corrected chi connectivity index (χ4v) is 3.85. The molecule has 2 heterocycles. The van der Waals surface area contributed by atoms with E-state index in [2.05, 4.69) is 10.3 Å². The average Bonchev–Trinajstić information content (AvgIpc) is 2.72. The molecular weight excluding hydrogens is 362 g/mol. The predicted octanol–water partition coefficient (Wildman–Crippen LogP) is 4.17. The molecule has 1 aromatic heterocycles. The second-order valence-corrected chi connectivity index (χ2v) is 8.01. The minimum absolute atomic E-state index is 0.0197. The maximum Gasteiger partial charge on any atom is 0.247 e. The Balaban J connectivity index is 1.60. The highest BCUT2D eigenvalue weighted by molar-refractivity contribution is 5.98. The monoisotopic (exact) mass is 387 g/mol. The van der Waals surface area contributed by atoms with Gasteiger partial charge in [0.25, 0.3) is 0 Å². The second kappa shape index (κ2) is 8.03. The molecule has 29 heavy (non-hydrogen) atoms. The van der Waals surface area contributed by atoms with Crippen molar-refractivity contribution in [3.63, 3.8) is 0 Å². The topological polar surface area (TPSA) is 62.3 Å². The third kappa shape index (κ3) is 4.14. The Morgan fingerprint density at radius 1 is 1.10 bits per heavy atom. The summed E-state index contributed by atoms with van der Waals surface area (Å²) in [6.07, 6.45) is 2.62. The summed E-state index contributed by atoms with van der Waals surface area (Å²) >= 11 is 0. The summed E-state index contributed by atoms with van der Waals surface area (Å²) in [6, 6.07) is 17.2. The van der Waals surface area contributed by atoms with Crippen molar-refractivity contribution in [2.75, 3.05) is 5.32 Å². The highest BCUT2D eigenvalue weighted by Gasteiger charge is 2.34. The number of carbonyl (C=O) groups is 2. The summed E-state index contributed by atoms with van der Waals surface area (Å²) in [6.45, 7) is 4.51. The van der Waals surface area contributed by atoms with Crippen LogP contribution in [0.3, 0.4) is 0 Å². The Hall–Kier alpha value is -3.21. The van der Waals surface area contributed by atoms with Gasteiger partial charge in [0.2, 0.25) is 11.8 Å². The van der Waals surface area contributed by atoms with Gasteiger partial charge in [-0.15, -0.1) is 0 Å². The molecule has 0 bridgehead atoms. The van der Waals surface area contributed by atoms with Crippen LogP contribution in [-0.4, -0.2) is 27.7 Å². The summed E-state index contributed by atoms with van der Waals surface area (Å²) in [4.78, 5) is 32.2. The van der Waals surface area contributed by atoms with Gasteiger partial charge < -0.3 is 10.2 Å². The zero-order valence-electron chi connectivity index (χ0n) is 16.8. The molecular formula is C24H25N3O2. The zero-order chi connectivity index (χ0) is 20.4. The van der Waals surface area contributed by atoms with Gasteiger partial charge in [-0.05, 0) is 29.2 Å². The molecule has 5 nitrogen and oxygen atoms in total. The lowest BCUT2D eigenvalue weighted by Crippen LogP contribution is -2.50. The number of nitrogens with zero attached hydrogens (tertiary/aromatic N) is 2. The van der Waals surface area contributed by atoms with E-state index in [-0.39, 0.29) is 17.7 Å². The second-order valence-electron chi connectivity index (χ2n) is 8.01. The maximum absolute atomic E-state index is 13.2. The Labute approximate surface area is 170 Å². The smallest absolute Gasteiger partial charge is 0.247 e. The van der Waals surface area contributed by atoms with Gasteiger partial charge in [-0.25, -0.2) is 0 Å². The largest absolute Gasteiger partial charge is 0.326 e. The molecule has 5 heteroatoms. The predicted molar refractivity (Wildman–Crippen MR) is 114 cm³/mol. The van der Waals surface area contributed by atoms with E-state index in [1.807, 2.05) is 68.4 Å². The van der Waals surface area contributed by atoms with Crippen molar-refractivity contribution in [1.29, 1.82) is 0 Å². The van der Waals surface area contributed by atoms with Crippen LogP contribution in [0.25, 0.3) is 10.9 Å². The Morgan fingerprint density at radius 2 is 1.83 bits per heavy atom. The number of hydrogen-bond acceptors (Lipinski definition) is 3. The molecule has 3 aromatic rings. The van der Waals surface area contributed by atoms with E-state index in [0.717, 1.165) is 22.0 Å². The van der Waals surface area contributed by atoms with Crippen LogP contribution in [0.2, 0.25) is 0 Å². The van der Waals surface area contributed by atoms with Crippen molar-refractivity contribution < 1.29 is 9.59 Å². The van der Waals surface area contributed by atoms with E-state index in [1.165, 1.54) is 0 Å². The number of anilines is 1. The zero-order valence-corrected chi connectivity index (χ0v) is 16.8. The molecule has 1 aliphatic heterocycles. The fourth-order valence-electron chi connectivity index (χ4n) is 3.85. The summed E-state index contributed by atoms with van der Waals surface area (Å²) in [5, 5.41) is 3.94. The van der Waals surface area contributed by atoms with Gasteiger partial charge in [-0.1, -0.05) is 56.3 Å². The lowest BCUT2D eigenvalue weighted by atomic mass is 9.92. The van der Waals surface area contributed by atoms with Gasteiger partial charge in [0.1, 0.15) is 6.04 Å². The molecule has 4 rings (SSSR count). The van der Waals surface area contributed by atoms with Crippen molar-refractivity contribution in [1.82, 2.24) is 9.88 Å². The highest BCUT2D eigenvalue weighted by atomic mass is 16.2. The molecule has 148 valence electrons. The van der Waals surface area contributed by atoms with E-state index in [1.54, 1.807) is 11.1 Å². The number of rotatable bonds is 4. The number of hydrogen-bond donors (Lipinski definition) is 1. The molecule has 1 atom stereocenters. The molecule has 1 N–H and O–H groups in total. The normalized spacial score (nSPS) is 16.0.